The van der Waals surface area contributed by atoms with Crippen molar-refractivity contribution in [3.8, 4) is 0 Å². The summed E-state index contributed by atoms with van der Waals surface area (Å²) < 4.78 is 124. The Labute approximate surface area is 252 Å². The molecule has 10 nitrogen and oxygen atoms in total. The van der Waals surface area contributed by atoms with E-state index in [1.165, 1.54) is 19.1 Å². The molecule has 4 rings (SSSR count). The summed E-state index contributed by atoms with van der Waals surface area (Å²) in [6.07, 6.45) is -11.7. The fourth-order valence-electron chi connectivity index (χ4n) is 4.68. The number of morpholine rings is 1. The summed E-state index contributed by atoms with van der Waals surface area (Å²) in [6.45, 7) is 2.94. The SMILES string of the molecule is CCCCOP(=O)(O)n1nc(CN2CCO[C@H](O[C@H](C)c3cc(C(F)(F)F)cc(C(F)(F)F)c3)[C@@H]2c2ccc(F)cc2)[nH]c1=O. The molecule has 4 atom stereocenters. The van der Waals surface area contributed by atoms with Gasteiger partial charge in [0.25, 0.3) is 0 Å². The van der Waals surface area contributed by atoms with Gasteiger partial charge in [0.2, 0.25) is 0 Å². The van der Waals surface area contributed by atoms with E-state index in [-0.39, 0.29) is 38.2 Å². The van der Waals surface area contributed by atoms with Crippen LogP contribution in [0.1, 0.15) is 66.9 Å². The maximum absolute atomic E-state index is 13.8. The van der Waals surface area contributed by atoms with Crippen LogP contribution in [-0.2, 0) is 37.5 Å². The number of unbranched alkanes of at least 4 members (excludes halogenated alkanes) is 1. The molecule has 1 aromatic heterocycles. The van der Waals surface area contributed by atoms with Gasteiger partial charge in [-0.25, -0.2) is 13.8 Å². The molecule has 45 heavy (non-hydrogen) atoms. The van der Waals surface area contributed by atoms with E-state index in [4.69, 9.17) is 14.0 Å². The Balaban J connectivity index is 1.65. The Kier molecular flexibility index (Phi) is 10.6. The highest BCUT2D eigenvalue weighted by molar-refractivity contribution is 7.50. The van der Waals surface area contributed by atoms with Gasteiger partial charge in [0.05, 0.1) is 43.0 Å². The van der Waals surface area contributed by atoms with E-state index in [2.05, 4.69) is 10.1 Å². The van der Waals surface area contributed by atoms with Crippen LogP contribution in [0.4, 0.5) is 30.7 Å². The van der Waals surface area contributed by atoms with Crippen LogP contribution in [0.25, 0.3) is 0 Å². The molecule has 0 saturated carbocycles. The summed E-state index contributed by atoms with van der Waals surface area (Å²) >= 11 is 0. The topological polar surface area (TPSA) is 119 Å². The third kappa shape index (κ3) is 8.60. The molecule has 0 radical (unpaired) electrons. The molecule has 0 amide bonds. The number of hydrogen-bond donors (Lipinski definition) is 2. The zero-order valence-electron chi connectivity index (χ0n) is 23.9. The van der Waals surface area contributed by atoms with Crippen molar-refractivity contribution in [2.45, 2.75) is 64.0 Å². The second-order valence-electron chi connectivity index (χ2n) is 10.3. The molecule has 2 aromatic carbocycles. The van der Waals surface area contributed by atoms with Crippen molar-refractivity contribution in [3.05, 3.63) is 86.8 Å². The van der Waals surface area contributed by atoms with Crippen LogP contribution in [0.2, 0.25) is 0 Å². The number of ether oxygens (including phenoxy) is 2. The Bertz CT molecular complexity index is 1530. The molecule has 18 heteroatoms. The van der Waals surface area contributed by atoms with E-state index in [1.807, 2.05) is 6.92 Å². The van der Waals surface area contributed by atoms with E-state index in [1.54, 1.807) is 4.90 Å². The molecular formula is C27H30F7N4O6P. The first-order valence-electron chi connectivity index (χ1n) is 13.7. The first kappa shape index (κ1) is 34.8. The zero-order valence-corrected chi connectivity index (χ0v) is 24.8. The predicted molar refractivity (Wildman–Crippen MR) is 144 cm³/mol. The molecule has 1 unspecified atom stereocenters. The quantitative estimate of drug-likeness (QED) is 0.141. The van der Waals surface area contributed by atoms with Gasteiger partial charge in [-0.1, -0.05) is 25.5 Å². The van der Waals surface area contributed by atoms with Crippen molar-refractivity contribution < 1.29 is 54.2 Å². The Morgan fingerprint density at radius 2 is 1.73 bits per heavy atom. The van der Waals surface area contributed by atoms with Crippen LogP contribution in [0.15, 0.2) is 47.3 Å². The number of hydrogen-bond acceptors (Lipinski definition) is 7. The summed E-state index contributed by atoms with van der Waals surface area (Å²) in [5.74, 6) is -0.650. The van der Waals surface area contributed by atoms with E-state index in [0.29, 0.717) is 35.0 Å². The first-order valence-corrected chi connectivity index (χ1v) is 15.2. The van der Waals surface area contributed by atoms with Gasteiger partial charge in [0.15, 0.2) is 6.29 Å². The average Bonchev–Trinajstić information content (AvgIpc) is 3.33. The molecule has 1 aliphatic rings. The largest absolute Gasteiger partial charge is 0.457 e. The molecule has 0 spiro atoms. The number of H-pyrrole nitrogens is 1. The monoisotopic (exact) mass is 670 g/mol. The lowest BCUT2D eigenvalue weighted by atomic mass is 10.0. The highest BCUT2D eigenvalue weighted by Gasteiger charge is 2.40. The molecule has 2 N–H and O–H groups in total. The van der Waals surface area contributed by atoms with E-state index in [9.17, 15) is 45.0 Å². The number of halogens is 7. The van der Waals surface area contributed by atoms with Crippen LogP contribution >= 0.6 is 7.75 Å². The minimum absolute atomic E-state index is 0.0103. The van der Waals surface area contributed by atoms with Gasteiger partial charge in [-0.2, -0.15) is 26.3 Å². The maximum atomic E-state index is 13.8. The number of aromatic nitrogens is 3. The Morgan fingerprint density at radius 3 is 2.31 bits per heavy atom. The van der Waals surface area contributed by atoms with Crippen molar-refractivity contribution in [1.29, 1.82) is 0 Å². The Morgan fingerprint density at radius 1 is 1.11 bits per heavy atom. The Hall–Kier alpha value is -3.08. The first-order chi connectivity index (χ1) is 21.0. The molecule has 1 fully saturated rings. The third-order valence-corrected chi connectivity index (χ3v) is 8.21. The van der Waals surface area contributed by atoms with Gasteiger partial charge in [-0.15, -0.1) is 9.55 Å². The van der Waals surface area contributed by atoms with Crippen LogP contribution < -0.4 is 5.69 Å². The van der Waals surface area contributed by atoms with Crippen molar-refractivity contribution in [3.63, 3.8) is 0 Å². The van der Waals surface area contributed by atoms with Gasteiger partial charge in [-0.3, -0.25) is 14.4 Å². The number of benzene rings is 2. The number of alkyl halides is 6. The number of rotatable bonds is 11. The summed E-state index contributed by atoms with van der Waals surface area (Å²) in [5.41, 5.74) is -4.07. The minimum Gasteiger partial charge on any atom is -0.349 e. The molecule has 0 bridgehead atoms. The second-order valence-corrected chi connectivity index (χ2v) is 11.9. The fraction of sp³-hybridized carbons (Fsp3) is 0.481. The summed E-state index contributed by atoms with van der Waals surface area (Å²) in [7, 11) is -4.63. The van der Waals surface area contributed by atoms with Crippen molar-refractivity contribution >= 4 is 7.75 Å². The highest BCUT2D eigenvalue weighted by atomic mass is 31.2. The molecule has 0 aliphatic carbocycles. The molecule has 2 heterocycles. The van der Waals surface area contributed by atoms with Crippen molar-refractivity contribution in [2.75, 3.05) is 19.8 Å². The number of nitrogens with zero attached hydrogens (tertiary/aromatic N) is 3. The van der Waals surface area contributed by atoms with Gasteiger partial charge < -0.3 is 14.4 Å². The molecular weight excluding hydrogens is 640 g/mol. The summed E-state index contributed by atoms with van der Waals surface area (Å²) in [4.78, 5) is 26.7. The van der Waals surface area contributed by atoms with Crippen molar-refractivity contribution in [1.82, 2.24) is 19.4 Å². The van der Waals surface area contributed by atoms with E-state index < -0.39 is 66.7 Å². The summed E-state index contributed by atoms with van der Waals surface area (Å²) in [5, 5.41) is 3.91. The van der Waals surface area contributed by atoms with E-state index >= 15 is 0 Å². The molecule has 248 valence electrons. The lowest BCUT2D eigenvalue weighted by Crippen LogP contribution is -2.46. The van der Waals surface area contributed by atoms with Crippen LogP contribution in [0, 0.1) is 5.82 Å². The second kappa shape index (κ2) is 13.7. The molecule has 1 aliphatic heterocycles. The summed E-state index contributed by atoms with van der Waals surface area (Å²) in [6, 6.07) is 5.23. The van der Waals surface area contributed by atoms with Crippen molar-refractivity contribution in [2.24, 2.45) is 0 Å². The third-order valence-electron chi connectivity index (χ3n) is 6.94. The van der Waals surface area contributed by atoms with Crippen LogP contribution in [-0.4, -0.2) is 50.4 Å². The van der Waals surface area contributed by atoms with Gasteiger partial charge in [0, 0.05) is 6.54 Å². The number of nitrogens with one attached hydrogen (secondary N) is 1. The number of aromatic amines is 1. The van der Waals surface area contributed by atoms with Gasteiger partial charge in [-0.05, 0) is 54.8 Å². The van der Waals surface area contributed by atoms with Gasteiger partial charge >= 0.3 is 25.8 Å². The molecule has 1 saturated heterocycles. The fourth-order valence-corrected chi connectivity index (χ4v) is 5.65. The smallest absolute Gasteiger partial charge is 0.349 e. The molecule has 3 aromatic rings. The lowest BCUT2D eigenvalue weighted by molar-refractivity contribution is -0.231. The average molecular weight is 671 g/mol. The zero-order chi connectivity index (χ0) is 33.2. The standard InChI is InChI=1S/C27H30F7N4O6P/c1-3-4-10-43-45(40,41)38-25(39)35-22(36-38)15-37-9-11-42-24(23(37)17-5-7-21(28)8-6-17)44-16(2)18-12-19(26(29,30)31)14-20(13-18)27(32,33)34/h5-8,12-14,16,23-24H,3-4,9-11,15H2,1-2H3,(H,40,41)(H,35,36,39)/t16-,23+,24-/m1/s1. The van der Waals surface area contributed by atoms with Crippen LogP contribution in [0.3, 0.4) is 0 Å². The normalized spacial score (nSPS) is 20.2. The van der Waals surface area contributed by atoms with E-state index in [0.717, 1.165) is 12.1 Å². The highest BCUT2D eigenvalue weighted by Crippen LogP contribution is 2.42. The van der Waals surface area contributed by atoms with Crippen LogP contribution in [0.5, 0.6) is 0 Å². The predicted octanol–water partition coefficient (Wildman–Crippen LogP) is 6.19. The maximum Gasteiger partial charge on any atom is 0.457 e. The van der Waals surface area contributed by atoms with Gasteiger partial charge in [0.1, 0.15) is 11.6 Å². The minimum atomic E-state index is -5.07. The lowest BCUT2D eigenvalue weighted by Gasteiger charge is -2.41.